The lowest BCUT2D eigenvalue weighted by Gasteiger charge is -2.24. The van der Waals surface area contributed by atoms with Crippen molar-refractivity contribution in [1.29, 1.82) is 0 Å². The van der Waals surface area contributed by atoms with Crippen molar-refractivity contribution < 1.29 is 44.9 Å². The second-order valence-electron chi connectivity index (χ2n) is 6.37. The Morgan fingerprint density at radius 1 is 1.24 bits per heavy atom. The molecule has 1 aromatic carbocycles. The standard InChI is InChI=1S/C16H21N3O10/c20-10-5-8(1-2-9(10)7-18(27)28)6-17-15(25)13(23)14(24)16(26)29-19-11(21)3-4-12(19)22/h1-2,5,11-14,20-24H,3-4,6-7H2,(H,17,25). The molecule has 0 spiro atoms. The fourth-order valence-corrected chi connectivity index (χ4v) is 2.59. The molecule has 1 aliphatic rings. The highest BCUT2D eigenvalue weighted by atomic mass is 16.7. The molecule has 0 aromatic heterocycles. The van der Waals surface area contributed by atoms with Crippen LogP contribution in [-0.2, 0) is 27.5 Å². The molecular weight excluding hydrogens is 394 g/mol. The number of nitrogens with zero attached hydrogens (tertiary/aromatic N) is 2. The van der Waals surface area contributed by atoms with Crippen molar-refractivity contribution in [2.24, 2.45) is 0 Å². The Morgan fingerprint density at radius 3 is 2.41 bits per heavy atom. The monoisotopic (exact) mass is 415 g/mol. The van der Waals surface area contributed by atoms with Gasteiger partial charge in [-0.05, 0) is 30.5 Å². The van der Waals surface area contributed by atoms with Crippen LogP contribution in [0.15, 0.2) is 18.2 Å². The summed E-state index contributed by atoms with van der Waals surface area (Å²) in [6.45, 7) is -0.792. The maximum absolute atomic E-state index is 11.9. The summed E-state index contributed by atoms with van der Waals surface area (Å²) in [6.07, 6.45) is -6.80. The number of benzene rings is 1. The van der Waals surface area contributed by atoms with Crippen molar-refractivity contribution in [2.45, 2.75) is 50.6 Å². The maximum atomic E-state index is 11.9. The minimum absolute atomic E-state index is 0.0783. The summed E-state index contributed by atoms with van der Waals surface area (Å²) in [5.41, 5.74) is 0.421. The first kappa shape index (κ1) is 22.4. The zero-order chi connectivity index (χ0) is 21.7. The molecule has 1 saturated heterocycles. The SMILES string of the molecule is O=C(NCc1ccc(C[N+](=O)[O-])c(O)c1)C(O)C(O)C(=O)ON1C(O)CCC1O. The fraction of sp³-hybridized carbons (Fsp3) is 0.500. The third-order valence-corrected chi connectivity index (χ3v) is 4.19. The van der Waals surface area contributed by atoms with E-state index in [0.717, 1.165) is 0 Å². The predicted octanol–water partition coefficient (Wildman–Crippen LogP) is -2.30. The number of carbonyl (C=O) groups excluding carboxylic acids is 2. The number of nitro groups is 1. The Bertz CT molecular complexity index is 763. The molecule has 0 radical (unpaired) electrons. The number of hydroxylamine groups is 2. The van der Waals surface area contributed by atoms with Gasteiger partial charge in [-0.2, -0.15) is 0 Å². The summed E-state index contributed by atoms with van der Waals surface area (Å²) in [6, 6.07) is 3.90. The van der Waals surface area contributed by atoms with E-state index in [1.165, 1.54) is 18.2 Å². The van der Waals surface area contributed by atoms with Crippen molar-refractivity contribution in [2.75, 3.05) is 0 Å². The number of hydrogen-bond donors (Lipinski definition) is 6. The summed E-state index contributed by atoms with van der Waals surface area (Å²) in [5, 5.41) is 61.7. The summed E-state index contributed by atoms with van der Waals surface area (Å²) >= 11 is 0. The molecule has 160 valence electrons. The van der Waals surface area contributed by atoms with Crippen molar-refractivity contribution in [1.82, 2.24) is 10.4 Å². The third-order valence-electron chi connectivity index (χ3n) is 4.19. The average molecular weight is 415 g/mol. The van der Waals surface area contributed by atoms with E-state index in [4.69, 9.17) is 0 Å². The molecular formula is C16H21N3O10. The van der Waals surface area contributed by atoms with Gasteiger partial charge in [0.15, 0.2) is 12.2 Å². The molecule has 4 unspecified atom stereocenters. The van der Waals surface area contributed by atoms with E-state index in [-0.39, 0.29) is 30.7 Å². The number of rotatable bonds is 8. The van der Waals surface area contributed by atoms with Gasteiger partial charge in [0.1, 0.15) is 18.2 Å². The molecule has 0 bridgehead atoms. The van der Waals surface area contributed by atoms with Gasteiger partial charge < -0.3 is 35.7 Å². The number of phenols is 1. The van der Waals surface area contributed by atoms with Gasteiger partial charge in [0.2, 0.25) is 6.54 Å². The Hall–Kier alpha value is -2.84. The summed E-state index contributed by atoms with van der Waals surface area (Å²) in [5.74, 6) is -2.93. The van der Waals surface area contributed by atoms with Gasteiger partial charge >= 0.3 is 5.97 Å². The third kappa shape index (κ3) is 5.82. The van der Waals surface area contributed by atoms with Gasteiger partial charge in [-0.3, -0.25) is 14.9 Å². The lowest BCUT2D eigenvalue weighted by atomic mass is 10.1. The molecule has 2 rings (SSSR count). The number of hydrogen-bond acceptors (Lipinski definition) is 11. The Morgan fingerprint density at radius 2 is 1.86 bits per heavy atom. The van der Waals surface area contributed by atoms with E-state index in [1.54, 1.807) is 0 Å². The first-order chi connectivity index (χ1) is 13.6. The van der Waals surface area contributed by atoms with E-state index in [2.05, 4.69) is 10.2 Å². The van der Waals surface area contributed by atoms with Crippen molar-refractivity contribution in [3.05, 3.63) is 39.4 Å². The van der Waals surface area contributed by atoms with Crippen LogP contribution in [0.4, 0.5) is 0 Å². The van der Waals surface area contributed by atoms with E-state index in [0.29, 0.717) is 10.6 Å². The second-order valence-corrected chi connectivity index (χ2v) is 6.37. The molecule has 0 saturated carbocycles. The van der Waals surface area contributed by atoms with Gasteiger partial charge in [-0.25, -0.2) is 4.79 Å². The number of aliphatic hydroxyl groups is 4. The quantitative estimate of drug-likeness (QED) is 0.197. The summed E-state index contributed by atoms with van der Waals surface area (Å²) in [7, 11) is 0. The van der Waals surface area contributed by atoms with E-state index >= 15 is 0 Å². The van der Waals surface area contributed by atoms with Crippen LogP contribution in [0.5, 0.6) is 5.75 Å². The lowest BCUT2D eigenvalue weighted by molar-refractivity contribution is -0.496. The minimum Gasteiger partial charge on any atom is -0.507 e. The molecule has 1 aliphatic heterocycles. The molecule has 1 aromatic rings. The molecule has 13 nitrogen and oxygen atoms in total. The molecule has 0 aliphatic carbocycles. The number of phenolic OH excluding ortho intramolecular Hbond substituents is 1. The summed E-state index contributed by atoms with van der Waals surface area (Å²) < 4.78 is 0. The van der Waals surface area contributed by atoms with Gasteiger partial charge in [-0.1, -0.05) is 11.1 Å². The smallest absolute Gasteiger partial charge is 0.357 e. The van der Waals surface area contributed by atoms with Crippen LogP contribution in [0, 0.1) is 10.1 Å². The molecule has 1 fully saturated rings. The Labute approximate surface area is 163 Å². The highest BCUT2D eigenvalue weighted by Gasteiger charge is 2.38. The average Bonchev–Trinajstić information content (AvgIpc) is 2.98. The number of nitrogens with one attached hydrogen (secondary N) is 1. The van der Waals surface area contributed by atoms with Crippen LogP contribution in [0.25, 0.3) is 0 Å². The second kappa shape index (κ2) is 9.58. The fourth-order valence-electron chi connectivity index (χ4n) is 2.59. The largest absolute Gasteiger partial charge is 0.507 e. The van der Waals surface area contributed by atoms with Crippen LogP contribution in [-0.4, -0.2) is 72.1 Å². The molecule has 4 atom stereocenters. The number of aliphatic hydroxyl groups excluding tert-OH is 4. The van der Waals surface area contributed by atoms with Crippen LogP contribution >= 0.6 is 0 Å². The molecule has 13 heteroatoms. The Kier molecular flexibility index (Phi) is 7.41. The Balaban J connectivity index is 1.88. The summed E-state index contributed by atoms with van der Waals surface area (Å²) in [4.78, 5) is 38.2. The zero-order valence-electron chi connectivity index (χ0n) is 15.0. The first-order valence-electron chi connectivity index (χ1n) is 8.52. The highest BCUT2D eigenvalue weighted by Crippen LogP contribution is 2.21. The van der Waals surface area contributed by atoms with Crippen LogP contribution in [0.1, 0.15) is 24.0 Å². The van der Waals surface area contributed by atoms with Crippen molar-refractivity contribution in [3.63, 3.8) is 0 Å². The van der Waals surface area contributed by atoms with E-state index in [1.807, 2.05) is 0 Å². The molecule has 1 amide bonds. The predicted molar refractivity (Wildman–Crippen MR) is 91.8 cm³/mol. The maximum Gasteiger partial charge on any atom is 0.357 e. The zero-order valence-corrected chi connectivity index (χ0v) is 15.0. The first-order valence-corrected chi connectivity index (χ1v) is 8.52. The van der Waals surface area contributed by atoms with Crippen LogP contribution in [0.3, 0.4) is 0 Å². The van der Waals surface area contributed by atoms with Gasteiger partial charge in [0.05, 0.1) is 5.56 Å². The number of carbonyl (C=O) groups is 2. The normalized spacial score (nSPS) is 21.4. The van der Waals surface area contributed by atoms with Crippen LogP contribution in [0.2, 0.25) is 0 Å². The van der Waals surface area contributed by atoms with Crippen molar-refractivity contribution in [3.8, 4) is 5.75 Å². The topological polar surface area (TPSA) is 203 Å². The van der Waals surface area contributed by atoms with Crippen molar-refractivity contribution >= 4 is 11.9 Å². The lowest BCUT2D eigenvalue weighted by Crippen LogP contribution is -2.49. The minimum atomic E-state index is -2.29. The van der Waals surface area contributed by atoms with Gasteiger partial charge in [0.25, 0.3) is 5.91 Å². The number of aromatic hydroxyl groups is 1. The highest BCUT2D eigenvalue weighted by molar-refractivity contribution is 5.88. The van der Waals surface area contributed by atoms with Gasteiger partial charge in [0, 0.05) is 11.5 Å². The van der Waals surface area contributed by atoms with E-state index < -0.39 is 48.0 Å². The molecule has 1 heterocycles. The van der Waals surface area contributed by atoms with Gasteiger partial charge in [-0.15, -0.1) is 0 Å². The molecule has 29 heavy (non-hydrogen) atoms. The van der Waals surface area contributed by atoms with Crippen LogP contribution < -0.4 is 5.32 Å². The molecule has 6 N–H and O–H groups in total. The van der Waals surface area contributed by atoms with E-state index in [9.17, 15) is 45.2 Å². The number of amides is 1.